The normalized spacial score (nSPS) is 18.4. The van der Waals surface area contributed by atoms with Gasteiger partial charge in [0.15, 0.2) is 6.10 Å². The average molecular weight is 408 g/mol. The molecule has 8 heteroatoms. The van der Waals surface area contributed by atoms with E-state index < -0.39 is 12.2 Å². The number of amidine groups is 1. The van der Waals surface area contributed by atoms with Crippen molar-refractivity contribution in [2.75, 3.05) is 31.1 Å². The predicted molar refractivity (Wildman–Crippen MR) is 112 cm³/mol. The van der Waals surface area contributed by atoms with Crippen LogP contribution in [0.2, 0.25) is 0 Å². The molecule has 4 rings (SSSR count). The molecule has 30 heavy (non-hydrogen) atoms. The van der Waals surface area contributed by atoms with Crippen LogP contribution in [0.3, 0.4) is 0 Å². The van der Waals surface area contributed by atoms with E-state index in [-0.39, 0.29) is 18.3 Å². The van der Waals surface area contributed by atoms with E-state index in [1.807, 2.05) is 4.90 Å². The van der Waals surface area contributed by atoms with Crippen molar-refractivity contribution in [3.8, 4) is 5.75 Å². The van der Waals surface area contributed by atoms with Gasteiger partial charge in [-0.3, -0.25) is 15.1 Å². The molecular formula is C22H24N4O4. The van der Waals surface area contributed by atoms with Gasteiger partial charge in [-0.15, -0.1) is 0 Å². The monoisotopic (exact) mass is 408 g/mol. The highest BCUT2D eigenvalue weighted by molar-refractivity contribution is 5.97. The molecule has 8 nitrogen and oxygen atoms in total. The van der Waals surface area contributed by atoms with Crippen molar-refractivity contribution in [1.82, 2.24) is 4.90 Å². The summed E-state index contributed by atoms with van der Waals surface area (Å²) in [5.74, 6) is 0.516. The lowest BCUT2D eigenvalue weighted by molar-refractivity contribution is 0.0792. The largest absolute Gasteiger partial charge is 0.490 e. The summed E-state index contributed by atoms with van der Waals surface area (Å²) in [5, 5.41) is 7.55. The molecule has 1 unspecified atom stereocenters. The number of nitrogens with one attached hydrogen (secondary N) is 1. The van der Waals surface area contributed by atoms with Crippen molar-refractivity contribution >= 4 is 23.5 Å². The van der Waals surface area contributed by atoms with E-state index in [0.717, 1.165) is 25.9 Å². The number of anilines is 1. The van der Waals surface area contributed by atoms with E-state index in [9.17, 15) is 9.59 Å². The maximum Gasteiger partial charge on any atom is 0.414 e. The molecule has 2 aliphatic rings. The Kier molecular flexibility index (Phi) is 5.56. The highest BCUT2D eigenvalue weighted by atomic mass is 16.6. The maximum absolute atomic E-state index is 12.5. The number of carbonyl (C=O) groups excluding carboxylic acids is 2. The predicted octanol–water partition coefficient (Wildman–Crippen LogP) is 2.61. The molecule has 0 bridgehead atoms. The smallest absolute Gasteiger partial charge is 0.414 e. The highest BCUT2D eigenvalue weighted by Gasteiger charge is 2.33. The number of nitrogens with two attached hydrogens (primary N) is 1. The highest BCUT2D eigenvalue weighted by Crippen LogP contribution is 2.24. The molecule has 2 amide bonds. The minimum atomic E-state index is -0.470. The van der Waals surface area contributed by atoms with Gasteiger partial charge in [-0.2, -0.15) is 0 Å². The number of hydrogen-bond acceptors (Lipinski definition) is 5. The molecule has 2 fully saturated rings. The number of cyclic esters (lactones) is 1. The fourth-order valence-corrected chi connectivity index (χ4v) is 3.67. The van der Waals surface area contributed by atoms with Crippen molar-refractivity contribution in [3.05, 3.63) is 59.7 Å². The Morgan fingerprint density at radius 1 is 1.13 bits per heavy atom. The number of likely N-dealkylation sites (tertiary alicyclic amines) is 1. The number of rotatable bonds is 6. The molecule has 0 saturated carbocycles. The van der Waals surface area contributed by atoms with E-state index in [1.54, 1.807) is 48.5 Å². The van der Waals surface area contributed by atoms with Crippen LogP contribution in [0.1, 0.15) is 28.8 Å². The SMILES string of the molecule is N=C(N)c1cccc(N2CC(COc3cccc(C(=O)N4CCCC4)c3)OC2=O)c1. The third-order valence-electron chi connectivity index (χ3n) is 5.25. The third kappa shape index (κ3) is 4.22. The molecule has 2 aromatic carbocycles. The molecule has 3 N–H and O–H groups in total. The molecule has 0 aliphatic carbocycles. The summed E-state index contributed by atoms with van der Waals surface area (Å²) in [6.07, 6.45) is 1.17. The summed E-state index contributed by atoms with van der Waals surface area (Å²) in [5.41, 5.74) is 7.29. The Morgan fingerprint density at radius 2 is 1.87 bits per heavy atom. The van der Waals surface area contributed by atoms with Gasteiger partial charge in [-0.05, 0) is 43.2 Å². The molecule has 2 saturated heterocycles. The van der Waals surface area contributed by atoms with Crippen LogP contribution in [-0.2, 0) is 4.74 Å². The lowest BCUT2D eigenvalue weighted by Crippen LogP contribution is -2.28. The lowest BCUT2D eigenvalue weighted by Gasteiger charge is -2.16. The molecular weight excluding hydrogens is 384 g/mol. The first-order valence-electron chi connectivity index (χ1n) is 9.96. The summed E-state index contributed by atoms with van der Waals surface area (Å²) in [7, 11) is 0. The average Bonchev–Trinajstić information content (AvgIpc) is 3.42. The first-order valence-corrected chi connectivity index (χ1v) is 9.96. The molecule has 156 valence electrons. The van der Waals surface area contributed by atoms with E-state index in [1.165, 1.54) is 4.90 Å². The number of hydrogen-bond donors (Lipinski definition) is 2. The topological polar surface area (TPSA) is 109 Å². The number of nitrogens with zero attached hydrogens (tertiary/aromatic N) is 2. The number of amides is 2. The Morgan fingerprint density at radius 3 is 2.63 bits per heavy atom. The van der Waals surface area contributed by atoms with Gasteiger partial charge in [0.05, 0.1) is 6.54 Å². The summed E-state index contributed by atoms with van der Waals surface area (Å²) >= 11 is 0. The van der Waals surface area contributed by atoms with E-state index in [0.29, 0.717) is 29.1 Å². The van der Waals surface area contributed by atoms with Crippen LogP contribution < -0.4 is 15.4 Å². The minimum Gasteiger partial charge on any atom is -0.490 e. The van der Waals surface area contributed by atoms with Crippen LogP contribution in [0, 0.1) is 5.41 Å². The van der Waals surface area contributed by atoms with E-state index in [2.05, 4.69) is 0 Å². The van der Waals surface area contributed by atoms with Gasteiger partial charge in [-0.1, -0.05) is 18.2 Å². The molecule has 2 aliphatic heterocycles. The van der Waals surface area contributed by atoms with Gasteiger partial charge >= 0.3 is 6.09 Å². The van der Waals surface area contributed by atoms with Crippen LogP contribution >= 0.6 is 0 Å². The van der Waals surface area contributed by atoms with Crippen LogP contribution in [-0.4, -0.2) is 55.1 Å². The van der Waals surface area contributed by atoms with Gasteiger partial charge in [-0.25, -0.2) is 4.79 Å². The van der Waals surface area contributed by atoms with Gasteiger partial charge in [0.2, 0.25) is 0 Å². The number of carbonyl (C=O) groups is 2. The fraction of sp³-hybridized carbons (Fsp3) is 0.318. The zero-order chi connectivity index (χ0) is 21.1. The summed E-state index contributed by atoms with van der Waals surface area (Å²) in [6, 6.07) is 14.0. The van der Waals surface area contributed by atoms with Crippen molar-refractivity contribution in [1.29, 1.82) is 5.41 Å². The second-order valence-electron chi connectivity index (χ2n) is 7.42. The standard InChI is InChI=1S/C22H24N4O4/c23-20(24)15-5-3-7-17(11-15)26-13-19(30-22(26)28)14-29-18-8-4-6-16(12-18)21(27)25-9-1-2-10-25/h3-8,11-12,19H,1-2,9-10,13-14H2,(H3,23,24). The molecule has 0 radical (unpaired) electrons. The first-order chi connectivity index (χ1) is 14.5. The zero-order valence-corrected chi connectivity index (χ0v) is 16.5. The van der Waals surface area contributed by atoms with Crippen molar-refractivity contribution in [2.45, 2.75) is 18.9 Å². The number of ether oxygens (including phenoxy) is 2. The Hall–Kier alpha value is -3.55. The summed E-state index contributed by atoms with van der Waals surface area (Å²) in [6.45, 7) is 2.09. The van der Waals surface area contributed by atoms with Crippen LogP contribution in [0.25, 0.3) is 0 Å². The van der Waals surface area contributed by atoms with E-state index in [4.69, 9.17) is 20.6 Å². The number of nitrogen functional groups attached to an aromatic ring is 1. The first kappa shape index (κ1) is 19.8. The maximum atomic E-state index is 12.5. The van der Waals surface area contributed by atoms with Crippen LogP contribution in [0.15, 0.2) is 48.5 Å². The van der Waals surface area contributed by atoms with E-state index >= 15 is 0 Å². The summed E-state index contributed by atoms with van der Waals surface area (Å²) in [4.78, 5) is 28.2. The fourth-order valence-electron chi connectivity index (χ4n) is 3.67. The number of benzene rings is 2. The van der Waals surface area contributed by atoms with Crippen molar-refractivity contribution < 1.29 is 19.1 Å². The summed E-state index contributed by atoms with van der Waals surface area (Å²) < 4.78 is 11.2. The molecule has 0 spiro atoms. The lowest BCUT2D eigenvalue weighted by atomic mass is 10.1. The second-order valence-corrected chi connectivity index (χ2v) is 7.42. The Labute approximate surface area is 174 Å². The molecule has 2 heterocycles. The van der Waals surface area contributed by atoms with Crippen molar-refractivity contribution in [2.24, 2.45) is 5.73 Å². The van der Waals surface area contributed by atoms with Crippen LogP contribution in [0.4, 0.5) is 10.5 Å². The molecule has 1 atom stereocenters. The zero-order valence-electron chi connectivity index (χ0n) is 16.5. The second kappa shape index (κ2) is 8.44. The van der Waals surface area contributed by atoms with Crippen LogP contribution in [0.5, 0.6) is 5.75 Å². The molecule has 2 aromatic rings. The van der Waals surface area contributed by atoms with Gasteiger partial charge < -0.3 is 20.1 Å². The van der Waals surface area contributed by atoms with Gasteiger partial charge in [0.1, 0.15) is 18.2 Å². The quantitative estimate of drug-likeness (QED) is 0.564. The minimum absolute atomic E-state index is 0.0155. The van der Waals surface area contributed by atoms with Gasteiger partial charge in [0, 0.05) is 29.9 Å². The third-order valence-corrected chi connectivity index (χ3v) is 5.25. The van der Waals surface area contributed by atoms with Crippen molar-refractivity contribution in [3.63, 3.8) is 0 Å². The Balaban J connectivity index is 1.37. The molecule has 0 aromatic heterocycles. The van der Waals surface area contributed by atoms with Gasteiger partial charge in [0.25, 0.3) is 5.91 Å². The Bertz CT molecular complexity index is 971.